The first-order valence-corrected chi connectivity index (χ1v) is 10.2. The lowest BCUT2D eigenvalue weighted by Gasteiger charge is -2.15. The maximum Gasteiger partial charge on any atom is 0.112 e. The van der Waals surface area contributed by atoms with E-state index in [9.17, 15) is 10.5 Å². The molecule has 0 radical (unpaired) electrons. The molecule has 0 spiro atoms. The highest BCUT2D eigenvalue weighted by Crippen LogP contribution is 2.26. The van der Waals surface area contributed by atoms with Crippen molar-refractivity contribution >= 4 is 22.1 Å². The highest BCUT2D eigenvalue weighted by molar-refractivity contribution is 5.79. The normalized spacial score (nSPS) is 11.5. The van der Waals surface area contributed by atoms with Crippen LogP contribution in [0.4, 0.5) is 0 Å². The SMILES string of the molecule is CC(C)c1nc2cc(C#N)ccc2n1CCn1c(C(C)C)nc2ccc(C#N)cc21. The summed E-state index contributed by atoms with van der Waals surface area (Å²) in [6.07, 6.45) is 0. The molecule has 0 aliphatic heterocycles. The molecule has 0 N–H and O–H groups in total. The number of fused-ring (bicyclic) bond motifs is 2. The van der Waals surface area contributed by atoms with Crippen LogP contribution in [-0.4, -0.2) is 19.1 Å². The molecule has 0 aliphatic rings. The maximum absolute atomic E-state index is 9.33. The number of hydrogen-bond acceptors (Lipinski definition) is 4. The van der Waals surface area contributed by atoms with Gasteiger partial charge in [0.05, 0.1) is 45.3 Å². The number of hydrogen-bond donors (Lipinski definition) is 0. The molecule has 6 nitrogen and oxygen atoms in total. The van der Waals surface area contributed by atoms with Crippen LogP contribution in [0, 0.1) is 22.7 Å². The zero-order valence-electron chi connectivity index (χ0n) is 17.7. The van der Waals surface area contributed by atoms with Gasteiger partial charge in [-0.3, -0.25) is 0 Å². The van der Waals surface area contributed by atoms with Crippen LogP contribution in [0.2, 0.25) is 0 Å². The van der Waals surface area contributed by atoms with Crippen molar-refractivity contribution in [2.45, 2.75) is 52.6 Å². The molecule has 0 amide bonds. The maximum atomic E-state index is 9.33. The van der Waals surface area contributed by atoms with Crippen molar-refractivity contribution in [3.05, 3.63) is 59.2 Å². The van der Waals surface area contributed by atoms with Crippen molar-refractivity contribution in [3.63, 3.8) is 0 Å². The van der Waals surface area contributed by atoms with Crippen molar-refractivity contribution < 1.29 is 0 Å². The third kappa shape index (κ3) is 3.31. The first-order valence-electron chi connectivity index (χ1n) is 10.2. The van der Waals surface area contributed by atoms with Crippen LogP contribution in [0.5, 0.6) is 0 Å². The van der Waals surface area contributed by atoms with E-state index in [1.807, 2.05) is 36.4 Å². The predicted octanol–water partition coefficient (Wildman–Crippen LogP) is 5.08. The molecule has 0 saturated heterocycles. The molecular formula is C24H24N6. The molecule has 4 aromatic rings. The Kier molecular flexibility index (Phi) is 5.01. The van der Waals surface area contributed by atoms with E-state index in [1.54, 1.807) is 0 Å². The summed E-state index contributed by atoms with van der Waals surface area (Å²) in [4.78, 5) is 9.63. The molecule has 2 aromatic carbocycles. The van der Waals surface area contributed by atoms with E-state index in [2.05, 4.69) is 49.0 Å². The Hall–Kier alpha value is -3.64. The topological polar surface area (TPSA) is 83.2 Å². The van der Waals surface area contributed by atoms with Gasteiger partial charge < -0.3 is 9.13 Å². The Morgan fingerprint density at radius 3 is 1.87 bits per heavy atom. The number of nitrogens with zero attached hydrogens (tertiary/aromatic N) is 6. The lowest BCUT2D eigenvalue weighted by atomic mass is 10.2. The van der Waals surface area contributed by atoms with Crippen LogP contribution in [-0.2, 0) is 13.1 Å². The van der Waals surface area contributed by atoms with Gasteiger partial charge in [-0.2, -0.15) is 10.5 Å². The average Bonchev–Trinajstić information content (AvgIpc) is 3.29. The predicted molar refractivity (Wildman–Crippen MR) is 117 cm³/mol. The molecule has 0 atom stereocenters. The molecular weight excluding hydrogens is 372 g/mol. The van der Waals surface area contributed by atoms with E-state index < -0.39 is 0 Å². The van der Waals surface area contributed by atoms with Crippen LogP contribution in [0.15, 0.2) is 36.4 Å². The molecule has 0 aliphatic carbocycles. The molecule has 30 heavy (non-hydrogen) atoms. The summed E-state index contributed by atoms with van der Waals surface area (Å²) < 4.78 is 4.46. The average molecular weight is 396 g/mol. The van der Waals surface area contributed by atoms with E-state index >= 15 is 0 Å². The zero-order valence-corrected chi connectivity index (χ0v) is 17.7. The minimum absolute atomic E-state index is 0.261. The van der Waals surface area contributed by atoms with Gasteiger partial charge in [-0.15, -0.1) is 0 Å². The van der Waals surface area contributed by atoms with E-state index in [4.69, 9.17) is 9.97 Å². The molecule has 2 aromatic heterocycles. The Bertz CT molecular complexity index is 1320. The van der Waals surface area contributed by atoms with Gasteiger partial charge >= 0.3 is 0 Å². The summed E-state index contributed by atoms with van der Waals surface area (Å²) in [6.45, 7) is 10.0. The van der Waals surface area contributed by atoms with Gasteiger partial charge in [0.1, 0.15) is 11.6 Å². The first kappa shape index (κ1) is 19.7. The zero-order chi connectivity index (χ0) is 21.4. The fourth-order valence-corrected chi connectivity index (χ4v) is 3.98. The van der Waals surface area contributed by atoms with Crippen molar-refractivity contribution in [1.29, 1.82) is 10.5 Å². The monoisotopic (exact) mass is 396 g/mol. The number of rotatable bonds is 5. The van der Waals surface area contributed by atoms with Gasteiger partial charge in [0.15, 0.2) is 0 Å². The smallest absolute Gasteiger partial charge is 0.112 e. The second kappa shape index (κ2) is 7.65. The Balaban J connectivity index is 1.80. The van der Waals surface area contributed by atoms with E-state index in [-0.39, 0.29) is 11.8 Å². The second-order valence-corrected chi connectivity index (χ2v) is 8.18. The molecule has 0 saturated carbocycles. The third-order valence-corrected chi connectivity index (χ3v) is 5.39. The fraction of sp³-hybridized carbons (Fsp3) is 0.333. The summed E-state index contributed by atoms with van der Waals surface area (Å²) >= 11 is 0. The molecule has 6 heteroatoms. The van der Waals surface area contributed by atoms with Crippen molar-refractivity contribution in [2.75, 3.05) is 0 Å². The van der Waals surface area contributed by atoms with Crippen molar-refractivity contribution in [2.24, 2.45) is 0 Å². The largest absolute Gasteiger partial charge is 0.326 e. The Morgan fingerprint density at radius 1 is 0.733 bits per heavy atom. The van der Waals surface area contributed by atoms with E-state index in [1.165, 1.54) is 0 Å². The molecule has 0 fully saturated rings. The molecule has 4 rings (SSSR count). The van der Waals surface area contributed by atoms with Crippen molar-refractivity contribution in [3.8, 4) is 12.1 Å². The number of nitriles is 2. The van der Waals surface area contributed by atoms with Crippen LogP contribution < -0.4 is 0 Å². The van der Waals surface area contributed by atoms with Crippen LogP contribution in [0.25, 0.3) is 22.1 Å². The highest BCUT2D eigenvalue weighted by Gasteiger charge is 2.17. The van der Waals surface area contributed by atoms with Crippen LogP contribution in [0.1, 0.15) is 62.3 Å². The lowest BCUT2D eigenvalue weighted by molar-refractivity contribution is 0.541. The number of imidazole rings is 2. The number of benzene rings is 2. The third-order valence-electron chi connectivity index (χ3n) is 5.39. The Labute approximate surface area is 176 Å². The summed E-state index contributed by atoms with van der Waals surface area (Å²) in [5, 5.41) is 18.5. The highest BCUT2D eigenvalue weighted by atomic mass is 15.1. The minimum atomic E-state index is 0.261. The van der Waals surface area contributed by atoms with Gasteiger partial charge in [0, 0.05) is 24.9 Å². The molecule has 150 valence electrons. The minimum Gasteiger partial charge on any atom is -0.326 e. The van der Waals surface area contributed by atoms with Crippen LogP contribution >= 0.6 is 0 Å². The van der Waals surface area contributed by atoms with E-state index in [0.29, 0.717) is 11.1 Å². The van der Waals surface area contributed by atoms with Gasteiger partial charge in [0.25, 0.3) is 0 Å². The van der Waals surface area contributed by atoms with Gasteiger partial charge in [-0.25, -0.2) is 9.97 Å². The van der Waals surface area contributed by atoms with Gasteiger partial charge in [-0.05, 0) is 36.4 Å². The summed E-state index contributed by atoms with van der Waals surface area (Å²) in [6, 6.07) is 15.8. The van der Waals surface area contributed by atoms with Gasteiger partial charge in [0.2, 0.25) is 0 Å². The standard InChI is InChI=1S/C24H24N6/c1-15(2)23-27-19-7-5-18(14-26)12-22(19)30(23)10-9-29-21-8-6-17(13-25)11-20(21)28-24(29)16(3)4/h5-8,11-12,15-16H,9-10H2,1-4H3. The van der Waals surface area contributed by atoms with Gasteiger partial charge in [-0.1, -0.05) is 27.7 Å². The number of aromatic nitrogens is 4. The quantitative estimate of drug-likeness (QED) is 0.471. The molecule has 0 unspecified atom stereocenters. The second-order valence-electron chi connectivity index (χ2n) is 8.18. The summed E-state index contributed by atoms with van der Waals surface area (Å²) in [7, 11) is 0. The lowest BCUT2D eigenvalue weighted by Crippen LogP contribution is -2.14. The summed E-state index contributed by atoms with van der Waals surface area (Å²) in [5.74, 6) is 2.55. The fourth-order valence-electron chi connectivity index (χ4n) is 3.98. The molecule has 0 bridgehead atoms. The van der Waals surface area contributed by atoms with Crippen molar-refractivity contribution in [1.82, 2.24) is 19.1 Å². The Morgan fingerprint density at radius 2 is 1.27 bits per heavy atom. The molecule has 2 heterocycles. The first-order chi connectivity index (χ1) is 14.4. The van der Waals surface area contributed by atoms with Crippen LogP contribution in [0.3, 0.4) is 0 Å². The van der Waals surface area contributed by atoms with E-state index in [0.717, 1.165) is 46.8 Å². The summed E-state index contributed by atoms with van der Waals surface area (Å²) in [5.41, 5.74) is 5.04. The number of aryl methyl sites for hydroxylation is 2.